The molecule has 0 aromatic heterocycles. The summed E-state index contributed by atoms with van der Waals surface area (Å²) in [5, 5.41) is 18.4. The SMILES string of the molecule is C=C(C)C(=O)[O-].C[N+](C)(CCO)Cc1ccccc1. The van der Waals surface area contributed by atoms with Crippen LogP contribution >= 0.6 is 0 Å². The highest BCUT2D eigenvalue weighted by atomic mass is 16.4. The van der Waals surface area contributed by atoms with Gasteiger partial charge in [0.2, 0.25) is 0 Å². The summed E-state index contributed by atoms with van der Waals surface area (Å²) in [6.45, 7) is 6.50. The Morgan fingerprint density at radius 3 is 2.16 bits per heavy atom. The molecule has 1 aromatic rings. The monoisotopic (exact) mass is 265 g/mol. The summed E-state index contributed by atoms with van der Waals surface area (Å²) in [6.07, 6.45) is 0. The summed E-state index contributed by atoms with van der Waals surface area (Å²) in [7, 11) is 4.26. The lowest BCUT2D eigenvalue weighted by Crippen LogP contribution is -2.40. The van der Waals surface area contributed by atoms with Gasteiger partial charge in [0, 0.05) is 5.56 Å². The van der Waals surface area contributed by atoms with Gasteiger partial charge in [0.1, 0.15) is 13.1 Å². The van der Waals surface area contributed by atoms with Crippen LogP contribution in [-0.2, 0) is 11.3 Å². The summed E-state index contributed by atoms with van der Waals surface area (Å²) >= 11 is 0. The summed E-state index contributed by atoms with van der Waals surface area (Å²) in [6, 6.07) is 10.4. The van der Waals surface area contributed by atoms with E-state index in [9.17, 15) is 9.90 Å². The Labute approximate surface area is 115 Å². The van der Waals surface area contributed by atoms with Gasteiger partial charge in [-0.1, -0.05) is 36.9 Å². The van der Waals surface area contributed by atoms with E-state index in [0.717, 1.165) is 17.6 Å². The minimum absolute atomic E-state index is 0.0648. The topological polar surface area (TPSA) is 60.4 Å². The minimum Gasteiger partial charge on any atom is -0.545 e. The van der Waals surface area contributed by atoms with Gasteiger partial charge in [-0.2, -0.15) is 0 Å². The fourth-order valence-corrected chi connectivity index (χ4v) is 1.43. The maximum atomic E-state index is 9.49. The molecule has 19 heavy (non-hydrogen) atoms. The molecule has 1 aromatic carbocycles. The zero-order valence-electron chi connectivity index (χ0n) is 11.9. The smallest absolute Gasteiger partial charge is 0.104 e. The number of carbonyl (C=O) groups is 1. The number of aliphatic hydroxyl groups is 1. The number of likely N-dealkylation sites (N-methyl/N-ethyl adjacent to an activating group) is 1. The van der Waals surface area contributed by atoms with E-state index < -0.39 is 5.97 Å². The average Bonchev–Trinajstić information content (AvgIpc) is 2.30. The maximum absolute atomic E-state index is 9.49. The first-order chi connectivity index (χ1) is 8.78. The van der Waals surface area contributed by atoms with Crippen molar-refractivity contribution in [3.05, 3.63) is 48.0 Å². The molecule has 0 radical (unpaired) electrons. The van der Waals surface area contributed by atoms with E-state index in [-0.39, 0.29) is 12.2 Å². The van der Waals surface area contributed by atoms with Crippen LogP contribution in [0.4, 0.5) is 0 Å². The predicted molar refractivity (Wildman–Crippen MR) is 74.0 cm³/mol. The molecule has 4 heteroatoms. The van der Waals surface area contributed by atoms with Gasteiger partial charge in [0.25, 0.3) is 0 Å². The maximum Gasteiger partial charge on any atom is 0.104 e. The van der Waals surface area contributed by atoms with Crippen molar-refractivity contribution in [2.75, 3.05) is 27.2 Å². The minimum atomic E-state index is -1.19. The zero-order chi connectivity index (χ0) is 14.9. The molecule has 0 aliphatic rings. The summed E-state index contributed by atoms with van der Waals surface area (Å²) in [4.78, 5) is 9.49. The molecule has 1 N–H and O–H groups in total. The number of hydrogen-bond donors (Lipinski definition) is 1. The fraction of sp³-hybridized carbons (Fsp3) is 0.400. The number of hydrogen-bond acceptors (Lipinski definition) is 3. The van der Waals surface area contributed by atoms with Gasteiger partial charge < -0.3 is 19.5 Å². The highest BCUT2D eigenvalue weighted by Gasteiger charge is 2.13. The van der Waals surface area contributed by atoms with Gasteiger partial charge >= 0.3 is 0 Å². The van der Waals surface area contributed by atoms with Crippen molar-refractivity contribution in [1.29, 1.82) is 0 Å². The third kappa shape index (κ3) is 8.99. The molecule has 0 saturated heterocycles. The summed E-state index contributed by atoms with van der Waals surface area (Å²) in [5.41, 5.74) is 1.39. The molecule has 106 valence electrons. The van der Waals surface area contributed by atoms with Gasteiger partial charge in [0.15, 0.2) is 0 Å². The molecule has 1 rings (SSSR count). The van der Waals surface area contributed by atoms with Crippen molar-refractivity contribution in [1.82, 2.24) is 0 Å². The Morgan fingerprint density at radius 2 is 1.79 bits per heavy atom. The second kappa shape index (κ2) is 8.45. The van der Waals surface area contributed by atoms with E-state index in [4.69, 9.17) is 5.11 Å². The van der Waals surface area contributed by atoms with Gasteiger partial charge in [-0.15, -0.1) is 0 Å². The van der Waals surface area contributed by atoms with Crippen LogP contribution in [0.3, 0.4) is 0 Å². The summed E-state index contributed by atoms with van der Waals surface area (Å²) < 4.78 is 0.834. The Hall–Kier alpha value is -1.65. The van der Waals surface area contributed by atoms with Gasteiger partial charge in [-0.05, 0) is 12.5 Å². The van der Waals surface area contributed by atoms with E-state index in [2.05, 4.69) is 32.8 Å². The first-order valence-electron chi connectivity index (χ1n) is 6.12. The standard InChI is InChI=1S/C11H18NO.C4H6O2/c1-12(2,8-9-13)10-11-6-4-3-5-7-11;1-3(2)4(5)6/h3-7,13H,8-10H2,1-2H3;1H2,2H3,(H,5,6)/q+1;/p-1. The number of carboxylic acids is 1. The number of aliphatic carboxylic acids is 1. The van der Waals surface area contributed by atoms with Crippen LogP contribution in [-0.4, -0.2) is 42.8 Å². The second-order valence-corrected chi connectivity index (χ2v) is 5.09. The number of carboxylic acid groups (broad SMARTS) is 1. The van der Waals surface area contributed by atoms with Crippen LogP contribution in [0.25, 0.3) is 0 Å². The second-order valence-electron chi connectivity index (χ2n) is 5.09. The van der Waals surface area contributed by atoms with E-state index in [1.165, 1.54) is 12.5 Å². The molecule has 0 amide bonds. The van der Waals surface area contributed by atoms with Crippen molar-refractivity contribution in [3.8, 4) is 0 Å². The van der Waals surface area contributed by atoms with Crippen molar-refractivity contribution in [2.45, 2.75) is 13.5 Å². The first kappa shape index (κ1) is 17.4. The van der Waals surface area contributed by atoms with E-state index in [1.807, 2.05) is 18.2 Å². The lowest BCUT2D eigenvalue weighted by Gasteiger charge is -2.28. The molecule has 0 aliphatic heterocycles. The molecule has 0 bridgehead atoms. The molecule has 0 atom stereocenters. The van der Waals surface area contributed by atoms with Crippen LogP contribution in [0.1, 0.15) is 12.5 Å². The van der Waals surface area contributed by atoms with E-state index >= 15 is 0 Å². The highest BCUT2D eigenvalue weighted by Crippen LogP contribution is 2.07. The first-order valence-corrected chi connectivity index (χ1v) is 6.12. The molecule has 0 saturated carbocycles. The van der Waals surface area contributed by atoms with Crippen molar-refractivity contribution < 1.29 is 19.5 Å². The van der Waals surface area contributed by atoms with Crippen molar-refractivity contribution in [2.24, 2.45) is 0 Å². The fourth-order valence-electron chi connectivity index (χ4n) is 1.43. The van der Waals surface area contributed by atoms with Gasteiger partial charge in [-0.3, -0.25) is 0 Å². The molecule has 0 fully saturated rings. The largest absolute Gasteiger partial charge is 0.545 e. The van der Waals surface area contributed by atoms with E-state index in [1.54, 1.807) is 0 Å². The third-order valence-electron chi connectivity index (χ3n) is 2.51. The predicted octanol–water partition coefficient (Wildman–Crippen LogP) is 0.568. The number of nitrogens with zero attached hydrogens (tertiary/aromatic N) is 1. The van der Waals surface area contributed by atoms with E-state index in [0.29, 0.717) is 0 Å². The lowest BCUT2D eigenvalue weighted by atomic mass is 10.2. The van der Waals surface area contributed by atoms with Crippen LogP contribution in [0.15, 0.2) is 42.5 Å². The normalized spacial score (nSPS) is 10.3. The molecule has 0 heterocycles. The van der Waals surface area contributed by atoms with Crippen LogP contribution in [0.5, 0.6) is 0 Å². The molecule has 0 unspecified atom stereocenters. The molecule has 0 aliphatic carbocycles. The van der Waals surface area contributed by atoms with Crippen molar-refractivity contribution >= 4 is 5.97 Å². The highest BCUT2D eigenvalue weighted by molar-refractivity contribution is 5.82. The summed E-state index contributed by atoms with van der Waals surface area (Å²) in [5.74, 6) is -1.19. The molecular formula is C15H23NO3. The third-order valence-corrected chi connectivity index (χ3v) is 2.51. The molecular weight excluding hydrogens is 242 g/mol. The number of rotatable bonds is 5. The van der Waals surface area contributed by atoms with Gasteiger partial charge in [0.05, 0.1) is 26.7 Å². The number of carbonyl (C=O) groups excluding carboxylic acids is 1. The Morgan fingerprint density at radius 1 is 1.32 bits per heavy atom. The van der Waals surface area contributed by atoms with Gasteiger partial charge in [-0.25, -0.2) is 0 Å². The van der Waals surface area contributed by atoms with Crippen LogP contribution in [0, 0.1) is 0 Å². The Kier molecular flexibility index (Phi) is 7.72. The number of quaternary nitrogens is 1. The Balaban J connectivity index is 0.000000459. The Bertz CT molecular complexity index is 387. The van der Waals surface area contributed by atoms with Crippen LogP contribution < -0.4 is 5.11 Å². The van der Waals surface area contributed by atoms with Crippen molar-refractivity contribution in [3.63, 3.8) is 0 Å². The lowest BCUT2D eigenvalue weighted by molar-refractivity contribution is -0.903. The number of benzene rings is 1. The molecule has 0 spiro atoms. The van der Waals surface area contributed by atoms with Crippen LogP contribution in [0.2, 0.25) is 0 Å². The quantitative estimate of drug-likeness (QED) is 0.625. The number of aliphatic hydroxyl groups excluding tert-OH is 1. The zero-order valence-corrected chi connectivity index (χ0v) is 11.9. The molecule has 4 nitrogen and oxygen atoms in total. The average molecular weight is 265 g/mol.